The zero-order valence-corrected chi connectivity index (χ0v) is 13.7. The van der Waals surface area contributed by atoms with Crippen LogP contribution in [0.3, 0.4) is 0 Å². The summed E-state index contributed by atoms with van der Waals surface area (Å²) in [7, 11) is 0. The number of rotatable bonds is 4. The van der Waals surface area contributed by atoms with E-state index in [1.54, 1.807) is 11.3 Å². The molecule has 1 amide bonds. The van der Waals surface area contributed by atoms with Crippen LogP contribution in [0.15, 0.2) is 20.3 Å². The lowest BCUT2D eigenvalue weighted by atomic mass is 9.97. The SMILES string of the molecule is NC(=O)[C@@H]1CCCN(Cc2nnc(-c3ccc(Br)s3)o2)C1. The smallest absolute Gasteiger partial charge is 0.257 e. The van der Waals surface area contributed by atoms with Gasteiger partial charge >= 0.3 is 0 Å². The normalized spacial score (nSPS) is 19.8. The summed E-state index contributed by atoms with van der Waals surface area (Å²) in [6.45, 7) is 2.15. The first-order valence-electron chi connectivity index (χ1n) is 6.71. The van der Waals surface area contributed by atoms with Crippen LogP contribution in [0.25, 0.3) is 10.8 Å². The van der Waals surface area contributed by atoms with E-state index >= 15 is 0 Å². The molecule has 1 saturated heterocycles. The zero-order valence-electron chi connectivity index (χ0n) is 11.3. The third-order valence-corrected chi connectivity index (χ3v) is 5.13. The zero-order chi connectivity index (χ0) is 14.8. The number of primary amides is 1. The topological polar surface area (TPSA) is 85.3 Å². The first-order chi connectivity index (χ1) is 10.1. The largest absolute Gasteiger partial charge is 0.419 e. The van der Waals surface area contributed by atoms with Gasteiger partial charge in [0.25, 0.3) is 5.89 Å². The number of nitrogens with zero attached hydrogens (tertiary/aromatic N) is 3. The first kappa shape index (κ1) is 14.7. The predicted octanol–water partition coefficient (Wildman–Crippen LogP) is 2.26. The van der Waals surface area contributed by atoms with E-state index < -0.39 is 0 Å². The fourth-order valence-corrected chi connectivity index (χ4v) is 3.78. The van der Waals surface area contributed by atoms with Gasteiger partial charge < -0.3 is 10.2 Å². The number of halogens is 1. The van der Waals surface area contributed by atoms with Crippen molar-refractivity contribution in [1.29, 1.82) is 0 Å². The van der Waals surface area contributed by atoms with Crippen molar-refractivity contribution in [2.24, 2.45) is 11.7 Å². The molecule has 1 atom stereocenters. The van der Waals surface area contributed by atoms with Crippen LogP contribution in [0.1, 0.15) is 18.7 Å². The maximum atomic E-state index is 11.3. The molecule has 6 nitrogen and oxygen atoms in total. The van der Waals surface area contributed by atoms with Gasteiger partial charge in [-0.15, -0.1) is 21.5 Å². The number of amides is 1. The maximum absolute atomic E-state index is 11.3. The molecule has 112 valence electrons. The highest BCUT2D eigenvalue weighted by Gasteiger charge is 2.25. The average Bonchev–Trinajstić information content (AvgIpc) is 3.08. The number of aromatic nitrogens is 2. The van der Waals surface area contributed by atoms with Gasteiger partial charge in [0.05, 0.1) is 21.1 Å². The Morgan fingerprint density at radius 3 is 3.10 bits per heavy atom. The summed E-state index contributed by atoms with van der Waals surface area (Å²) in [5.41, 5.74) is 5.39. The molecule has 0 unspecified atom stereocenters. The van der Waals surface area contributed by atoms with Gasteiger partial charge in [-0.2, -0.15) is 0 Å². The van der Waals surface area contributed by atoms with Gasteiger partial charge in [-0.1, -0.05) is 0 Å². The summed E-state index contributed by atoms with van der Waals surface area (Å²) in [5.74, 6) is 0.799. The molecule has 2 aromatic rings. The highest BCUT2D eigenvalue weighted by atomic mass is 79.9. The fourth-order valence-electron chi connectivity index (χ4n) is 2.47. The predicted molar refractivity (Wildman–Crippen MR) is 82.5 cm³/mol. The lowest BCUT2D eigenvalue weighted by molar-refractivity contribution is -0.123. The van der Waals surface area contributed by atoms with Crippen LogP contribution in [-0.4, -0.2) is 34.1 Å². The molecule has 2 aromatic heterocycles. The molecule has 1 aliphatic rings. The van der Waals surface area contributed by atoms with E-state index in [0.29, 0.717) is 24.9 Å². The number of likely N-dealkylation sites (tertiary alicyclic amines) is 1. The molecule has 1 aliphatic heterocycles. The fraction of sp³-hybridized carbons (Fsp3) is 0.462. The number of nitrogens with two attached hydrogens (primary N) is 1. The minimum atomic E-state index is -0.227. The number of thiophene rings is 1. The summed E-state index contributed by atoms with van der Waals surface area (Å²) in [6.07, 6.45) is 1.83. The van der Waals surface area contributed by atoms with Crippen molar-refractivity contribution < 1.29 is 9.21 Å². The Bertz CT molecular complexity index is 642. The Morgan fingerprint density at radius 2 is 2.38 bits per heavy atom. The standard InChI is InChI=1S/C13H15BrN4O2S/c14-10-4-3-9(21-10)13-17-16-11(20-13)7-18-5-1-2-8(6-18)12(15)19/h3-4,8H,1-2,5-7H2,(H2,15,19)/t8-/m1/s1. The Balaban J connectivity index is 1.65. The van der Waals surface area contributed by atoms with Crippen molar-refractivity contribution in [3.05, 3.63) is 21.8 Å². The molecule has 8 heteroatoms. The quantitative estimate of drug-likeness (QED) is 0.891. The highest BCUT2D eigenvalue weighted by Crippen LogP contribution is 2.30. The molecule has 0 saturated carbocycles. The summed E-state index contributed by atoms with van der Waals surface area (Å²) in [6, 6.07) is 3.89. The molecule has 0 aliphatic carbocycles. The number of hydrogen-bond acceptors (Lipinski definition) is 6. The Labute approximate surface area is 134 Å². The number of piperidine rings is 1. The van der Waals surface area contributed by atoms with E-state index in [2.05, 4.69) is 31.0 Å². The molecule has 0 spiro atoms. The minimum absolute atomic E-state index is 0.0746. The number of carbonyl (C=O) groups excluding carboxylic acids is 1. The van der Waals surface area contributed by atoms with Crippen LogP contribution in [0.5, 0.6) is 0 Å². The second-order valence-electron chi connectivity index (χ2n) is 5.08. The average molecular weight is 371 g/mol. The van der Waals surface area contributed by atoms with Crippen LogP contribution in [0, 0.1) is 5.92 Å². The van der Waals surface area contributed by atoms with Gasteiger partial charge in [-0.05, 0) is 47.4 Å². The van der Waals surface area contributed by atoms with Crippen LogP contribution in [0.4, 0.5) is 0 Å². The van der Waals surface area contributed by atoms with Gasteiger partial charge in [0, 0.05) is 6.54 Å². The van der Waals surface area contributed by atoms with Crippen LogP contribution in [0.2, 0.25) is 0 Å². The van der Waals surface area contributed by atoms with Gasteiger partial charge in [-0.3, -0.25) is 9.69 Å². The third-order valence-electron chi connectivity index (χ3n) is 3.52. The Kier molecular flexibility index (Phi) is 4.37. The summed E-state index contributed by atoms with van der Waals surface area (Å²) in [5, 5.41) is 8.16. The Hall–Kier alpha value is -1.25. The summed E-state index contributed by atoms with van der Waals surface area (Å²) < 4.78 is 6.72. The van der Waals surface area contributed by atoms with E-state index in [0.717, 1.165) is 28.0 Å². The number of hydrogen-bond donors (Lipinski definition) is 1. The third kappa shape index (κ3) is 3.50. The van der Waals surface area contributed by atoms with Crippen molar-refractivity contribution in [1.82, 2.24) is 15.1 Å². The lowest BCUT2D eigenvalue weighted by Gasteiger charge is -2.29. The molecular weight excluding hydrogens is 356 g/mol. The molecular formula is C13H15BrN4O2S. The minimum Gasteiger partial charge on any atom is -0.419 e. The van der Waals surface area contributed by atoms with E-state index in [4.69, 9.17) is 10.2 Å². The van der Waals surface area contributed by atoms with Crippen molar-refractivity contribution in [3.63, 3.8) is 0 Å². The monoisotopic (exact) mass is 370 g/mol. The highest BCUT2D eigenvalue weighted by molar-refractivity contribution is 9.11. The van der Waals surface area contributed by atoms with Crippen molar-refractivity contribution in [3.8, 4) is 10.8 Å². The van der Waals surface area contributed by atoms with Gasteiger partial charge in [-0.25, -0.2) is 0 Å². The molecule has 0 aromatic carbocycles. The lowest BCUT2D eigenvalue weighted by Crippen LogP contribution is -2.40. The van der Waals surface area contributed by atoms with E-state index in [-0.39, 0.29) is 11.8 Å². The van der Waals surface area contributed by atoms with Crippen molar-refractivity contribution in [2.75, 3.05) is 13.1 Å². The first-order valence-corrected chi connectivity index (χ1v) is 8.32. The molecule has 21 heavy (non-hydrogen) atoms. The molecule has 0 bridgehead atoms. The molecule has 3 heterocycles. The maximum Gasteiger partial charge on any atom is 0.257 e. The van der Waals surface area contributed by atoms with Crippen LogP contribution < -0.4 is 5.73 Å². The second kappa shape index (κ2) is 6.25. The van der Waals surface area contributed by atoms with E-state index in [1.165, 1.54) is 0 Å². The van der Waals surface area contributed by atoms with Gasteiger partial charge in [0.1, 0.15) is 0 Å². The molecule has 3 rings (SSSR count). The second-order valence-corrected chi connectivity index (χ2v) is 7.54. The molecule has 2 N–H and O–H groups in total. The summed E-state index contributed by atoms with van der Waals surface area (Å²) in [4.78, 5) is 14.4. The van der Waals surface area contributed by atoms with Crippen molar-refractivity contribution in [2.45, 2.75) is 19.4 Å². The van der Waals surface area contributed by atoms with Crippen LogP contribution in [-0.2, 0) is 11.3 Å². The van der Waals surface area contributed by atoms with Crippen molar-refractivity contribution >= 4 is 33.2 Å². The van der Waals surface area contributed by atoms with Crippen LogP contribution >= 0.6 is 27.3 Å². The molecule has 1 fully saturated rings. The van der Waals surface area contributed by atoms with Gasteiger partial charge in [0.15, 0.2) is 0 Å². The van der Waals surface area contributed by atoms with E-state index in [9.17, 15) is 4.79 Å². The Morgan fingerprint density at radius 1 is 1.52 bits per heavy atom. The van der Waals surface area contributed by atoms with E-state index in [1.807, 2.05) is 12.1 Å². The van der Waals surface area contributed by atoms with Gasteiger partial charge in [0.2, 0.25) is 11.8 Å². The molecule has 0 radical (unpaired) electrons. The summed E-state index contributed by atoms with van der Waals surface area (Å²) >= 11 is 4.96. The number of carbonyl (C=O) groups is 1.